The van der Waals surface area contributed by atoms with E-state index in [2.05, 4.69) is 19.2 Å². The highest BCUT2D eigenvalue weighted by Crippen LogP contribution is 2.11. The van der Waals surface area contributed by atoms with E-state index in [1.807, 2.05) is 24.3 Å². The summed E-state index contributed by atoms with van der Waals surface area (Å²) in [6.07, 6.45) is 2.69. The van der Waals surface area contributed by atoms with Crippen molar-refractivity contribution in [3.63, 3.8) is 0 Å². The van der Waals surface area contributed by atoms with Crippen molar-refractivity contribution in [3.8, 4) is 0 Å². The van der Waals surface area contributed by atoms with Gasteiger partial charge in [0.2, 0.25) is 0 Å². The Bertz CT molecular complexity index is 366. The van der Waals surface area contributed by atoms with Gasteiger partial charge in [-0.15, -0.1) is 0 Å². The summed E-state index contributed by atoms with van der Waals surface area (Å²) in [5, 5.41) is 4.22. The first-order valence-electron chi connectivity index (χ1n) is 5.78. The predicted octanol–water partition coefficient (Wildman–Crippen LogP) is 2.63. The van der Waals surface area contributed by atoms with Gasteiger partial charge in [0, 0.05) is 39.9 Å². The van der Waals surface area contributed by atoms with Crippen molar-refractivity contribution in [1.82, 2.24) is 5.32 Å². The van der Waals surface area contributed by atoms with Gasteiger partial charge >= 0.3 is 0 Å². The average molecular weight is 274 g/mol. The summed E-state index contributed by atoms with van der Waals surface area (Å²) >= 11 is 5.84. The van der Waals surface area contributed by atoms with Crippen LogP contribution in [-0.4, -0.2) is 28.3 Å². The van der Waals surface area contributed by atoms with Crippen LogP contribution in [0.5, 0.6) is 0 Å². The molecule has 0 aromatic heterocycles. The lowest BCUT2D eigenvalue weighted by atomic mass is 10.1. The second-order valence-electron chi connectivity index (χ2n) is 4.54. The van der Waals surface area contributed by atoms with Crippen LogP contribution in [0.25, 0.3) is 0 Å². The van der Waals surface area contributed by atoms with Crippen molar-refractivity contribution < 1.29 is 4.21 Å². The van der Waals surface area contributed by atoms with E-state index in [0.29, 0.717) is 11.8 Å². The summed E-state index contributed by atoms with van der Waals surface area (Å²) in [7, 11) is -0.742. The van der Waals surface area contributed by atoms with Gasteiger partial charge in [-0.3, -0.25) is 4.21 Å². The first-order chi connectivity index (χ1) is 7.97. The molecule has 0 fully saturated rings. The van der Waals surface area contributed by atoms with Gasteiger partial charge in [0.25, 0.3) is 0 Å². The van der Waals surface area contributed by atoms with Crippen LogP contribution < -0.4 is 5.32 Å². The normalized spacial score (nSPS) is 16.5. The summed E-state index contributed by atoms with van der Waals surface area (Å²) in [4.78, 5) is 0. The van der Waals surface area contributed by atoms with E-state index in [0.717, 1.165) is 11.4 Å². The molecular formula is C13H20ClNOS. The molecule has 1 N–H and O–H groups in total. The highest BCUT2D eigenvalue weighted by molar-refractivity contribution is 7.84. The van der Waals surface area contributed by atoms with Gasteiger partial charge in [0.05, 0.1) is 0 Å². The number of hydrogen-bond acceptors (Lipinski definition) is 2. The first-order valence-corrected chi connectivity index (χ1v) is 7.88. The molecule has 0 heterocycles. The molecular weight excluding hydrogens is 254 g/mol. The van der Waals surface area contributed by atoms with Gasteiger partial charge in [0.1, 0.15) is 0 Å². The van der Waals surface area contributed by atoms with Crippen LogP contribution in [0.1, 0.15) is 19.4 Å². The van der Waals surface area contributed by atoms with Crippen molar-refractivity contribution in [1.29, 1.82) is 0 Å². The summed E-state index contributed by atoms with van der Waals surface area (Å²) < 4.78 is 11.1. The van der Waals surface area contributed by atoms with Crippen LogP contribution >= 0.6 is 11.6 Å². The van der Waals surface area contributed by atoms with E-state index in [1.54, 1.807) is 6.26 Å². The number of benzene rings is 1. The molecule has 1 aromatic carbocycles. The summed E-state index contributed by atoms with van der Waals surface area (Å²) in [6.45, 7) is 4.21. The van der Waals surface area contributed by atoms with E-state index in [-0.39, 0.29) is 6.04 Å². The fraction of sp³-hybridized carbons (Fsp3) is 0.538. The summed E-state index contributed by atoms with van der Waals surface area (Å²) in [5.74, 6) is 0.699. The Labute approximate surface area is 111 Å². The fourth-order valence-electron chi connectivity index (χ4n) is 1.92. The predicted molar refractivity (Wildman–Crippen MR) is 76.1 cm³/mol. The van der Waals surface area contributed by atoms with Crippen molar-refractivity contribution in [2.24, 2.45) is 0 Å². The molecule has 0 aliphatic heterocycles. The standard InChI is InChI=1S/C13H20ClNOS/c1-10(15-11(2)9-17(3)16)8-12-4-6-13(14)7-5-12/h4-7,10-11,15H,8-9H2,1-3H3. The van der Waals surface area contributed by atoms with E-state index >= 15 is 0 Å². The van der Waals surface area contributed by atoms with E-state index in [1.165, 1.54) is 5.56 Å². The Kier molecular flexibility index (Phi) is 6.17. The van der Waals surface area contributed by atoms with Crippen molar-refractivity contribution in [2.45, 2.75) is 32.4 Å². The minimum Gasteiger partial charge on any atom is -0.311 e. The lowest BCUT2D eigenvalue weighted by Crippen LogP contribution is -2.38. The van der Waals surface area contributed by atoms with Crippen LogP contribution in [-0.2, 0) is 17.2 Å². The van der Waals surface area contributed by atoms with Crippen molar-refractivity contribution >= 4 is 22.4 Å². The average Bonchev–Trinajstić information content (AvgIpc) is 2.19. The second kappa shape index (κ2) is 7.14. The van der Waals surface area contributed by atoms with Gasteiger partial charge in [-0.25, -0.2) is 0 Å². The molecule has 0 amide bonds. The topological polar surface area (TPSA) is 29.1 Å². The molecule has 96 valence electrons. The zero-order valence-electron chi connectivity index (χ0n) is 10.6. The Balaban J connectivity index is 2.41. The fourth-order valence-corrected chi connectivity index (χ4v) is 2.85. The maximum Gasteiger partial charge on any atom is 0.0406 e. The lowest BCUT2D eigenvalue weighted by Gasteiger charge is -2.19. The summed E-state index contributed by atoms with van der Waals surface area (Å²) in [6, 6.07) is 8.56. The van der Waals surface area contributed by atoms with Crippen LogP contribution in [0.3, 0.4) is 0 Å². The molecule has 3 atom stereocenters. The molecule has 0 saturated heterocycles. The summed E-state index contributed by atoms with van der Waals surface area (Å²) in [5.41, 5.74) is 1.26. The zero-order valence-corrected chi connectivity index (χ0v) is 12.1. The Morgan fingerprint density at radius 3 is 2.35 bits per heavy atom. The number of hydrogen-bond donors (Lipinski definition) is 1. The zero-order chi connectivity index (χ0) is 12.8. The molecule has 1 aromatic rings. The van der Waals surface area contributed by atoms with Crippen LogP contribution in [0, 0.1) is 0 Å². The van der Waals surface area contributed by atoms with Gasteiger partial charge < -0.3 is 5.32 Å². The van der Waals surface area contributed by atoms with Gasteiger partial charge in [-0.2, -0.15) is 0 Å². The monoisotopic (exact) mass is 273 g/mol. The Morgan fingerprint density at radius 2 is 1.82 bits per heavy atom. The van der Waals surface area contributed by atoms with Crippen LogP contribution in [0.4, 0.5) is 0 Å². The third kappa shape index (κ3) is 6.20. The molecule has 2 nitrogen and oxygen atoms in total. The molecule has 0 radical (unpaired) electrons. The molecule has 0 saturated carbocycles. The third-order valence-corrected chi connectivity index (χ3v) is 3.73. The quantitative estimate of drug-likeness (QED) is 0.863. The number of rotatable bonds is 6. The molecule has 3 unspecified atom stereocenters. The Hall–Kier alpha value is -0.380. The minimum atomic E-state index is -0.742. The molecule has 0 spiro atoms. The van der Waals surface area contributed by atoms with Crippen LogP contribution in [0.15, 0.2) is 24.3 Å². The largest absolute Gasteiger partial charge is 0.311 e. The lowest BCUT2D eigenvalue weighted by molar-refractivity contribution is 0.489. The van der Waals surface area contributed by atoms with E-state index < -0.39 is 10.8 Å². The van der Waals surface area contributed by atoms with E-state index in [4.69, 9.17) is 11.6 Å². The van der Waals surface area contributed by atoms with Crippen LogP contribution in [0.2, 0.25) is 5.02 Å². The smallest absolute Gasteiger partial charge is 0.0406 e. The Morgan fingerprint density at radius 1 is 1.24 bits per heavy atom. The second-order valence-corrected chi connectivity index (χ2v) is 6.46. The molecule has 4 heteroatoms. The maximum atomic E-state index is 11.1. The molecule has 0 bridgehead atoms. The first kappa shape index (κ1) is 14.7. The number of halogens is 1. The van der Waals surface area contributed by atoms with Gasteiger partial charge in [0.15, 0.2) is 0 Å². The minimum absolute atomic E-state index is 0.281. The highest BCUT2D eigenvalue weighted by Gasteiger charge is 2.09. The molecule has 17 heavy (non-hydrogen) atoms. The molecule has 1 rings (SSSR count). The van der Waals surface area contributed by atoms with Crippen molar-refractivity contribution in [3.05, 3.63) is 34.9 Å². The van der Waals surface area contributed by atoms with Gasteiger partial charge in [-0.1, -0.05) is 23.7 Å². The maximum absolute atomic E-state index is 11.1. The highest BCUT2D eigenvalue weighted by atomic mass is 35.5. The SMILES string of the molecule is CC(Cc1ccc(Cl)cc1)NC(C)CS(C)=O. The van der Waals surface area contributed by atoms with Gasteiger partial charge in [-0.05, 0) is 38.0 Å². The van der Waals surface area contributed by atoms with Crippen molar-refractivity contribution in [2.75, 3.05) is 12.0 Å². The molecule has 0 aliphatic carbocycles. The molecule has 0 aliphatic rings. The third-order valence-electron chi connectivity index (χ3n) is 2.51. The number of nitrogens with one attached hydrogen (secondary N) is 1. The van der Waals surface area contributed by atoms with E-state index in [9.17, 15) is 4.21 Å².